The lowest BCUT2D eigenvalue weighted by Crippen LogP contribution is -2.32. The monoisotopic (exact) mass is 403 g/mol. The number of hydrogen-bond acceptors (Lipinski definition) is 3. The highest BCUT2D eigenvalue weighted by atomic mass is 16.5. The predicted molar refractivity (Wildman–Crippen MR) is 116 cm³/mol. The molecule has 0 unspecified atom stereocenters. The van der Waals surface area contributed by atoms with Crippen molar-refractivity contribution in [3.8, 4) is 0 Å². The summed E-state index contributed by atoms with van der Waals surface area (Å²) in [5, 5.41) is 9.67. The van der Waals surface area contributed by atoms with Crippen LogP contribution in [-0.2, 0) is 16.0 Å². The first-order valence-corrected chi connectivity index (χ1v) is 10.1. The van der Waals surface area contributed by atoms with Crippen LogP contribution in [0.3, 0.4) is 0 Å². The van der Waals surface area contributed by atoms with E-state index in [1.54, 1.807) is 11.6 Å². The van der Waals surface area contributed by atoms with E-state index in [4.69, 9.17) is 5.21 Å². The standard InChI is InChI=1S/C24H25N3O3/c1-16-20(19-5-2-3-6-21(19)25-16)15-24(29)27-14-4-7-22(27)18-11-8-17(9-12-18)10-13-23(28)26-30/h2-3,5-6,8-13,22,25,30H,4,7,14-15H2,1H3,(H,26,28)/t22-/m0/s1. The van der Waals surface area contributed by atoms with Gasteiger partial charge in [0.2, 0.25) is 5.91 Å². The Morgan fingerprint density at radius 3 is 2.73 bits per heavy atom. The molecule has 6 heteroatoms. The van der Waals surface area contributed by atoms with E-state index in [0.717, 1.165) is 52.7 Å². The molecule has 2 amide bonds. The number of benzene rings is 2. The number of aryl methyl sites for hydroxylation is 1. The lowest BCUT2D eigenvalue weighted by molar-refractivity contribution is -0.131. The number of para-hydroxylation sites is 1. The number of carbonyl (C=O) groups is 2. The van der Waals surface area contributed by atoms with Crippen LogP contribution in [0.1, 0.15) is 41.3 Å². The van der Waals surface area contributed by atoms with Crippen molar-refractivity contribution < 1.29 is 14.8 Å². The number of amides is 2. The van der Waals surface area contributed by atoms with Gasteiger partial charge in [-0.3, -0.25) is 14.8 Å². The summed E-state index contributed by atoms with van der Waals surface area (Å²) in [6.07, 6.45) is 5.22. The van der Waals surface area contributed by atoms with E-state index >= 15 is 0 Å². The first-order valence-electron chi connectivity index (χ1n) is 10.1. The Bertz CT molecular complexity index is 1100. The van der Waals surface area contributed by atoms with Gasteiger partial charge in [0.1, 0.15) is 0 Å². The number of hydroxylamine groups is 1. The van der Waals surface area contributed by atoms with Crippen molar-refractivity contribution in [1.82, 2.24) is 15.4 Å². The van der Waals surface area contributed by atoms with Crippen LogP contribution in [0.5, 0.6) is 0 Å². The maximum Gasteiger partial charge on any atom is 0.267 e. The fraction of sp³-hybridized carbons (Fsp3) is 0.250. The van der Waals surface area contributed by atoms with Crippen LogP contribution in [0.2, 0.25) is 0 Å². The summed E-state index contributed by atoms with van der Waals surface area (Å²) in [5.41, 5.74) is 6.70. The third-order valence-electron chi connectivity index (χ3n) is 5.79. The van der Waals surface area contributed by atoms with E-state index in [1.807, 2.05) is 54.3 Å². The Kier molecular flexibility index (Phi) is 5.68. The number of carbonyl (C=O) groups excluding carboxylic acids is 2. The molecule has 1 aliphatic rings. The summed E-state index contributed by atoms with van der Waals surface area (Å²) in [6, 6.07) is 16.0. The third-order valence-corrected chi connectivity index (χ3v) is 5.79. The van der Waals surface area contributed by atoms with Gasteiger partial charge in [-0.25, -0.2) is 5.48 Å². The quantitative estimate of drug-likeness (QED) is 0.343. The second-order valence-corrected chi connectivity index (χ2v) is 7.67. The van der Waals surface area contributed by atoms with E-state index in [0.29, 0.717) is 6.42 Å². The van der Waals surface area contributed by atoms with Gasteiger partial charge >= 0.3 is 0 Å². The molecule has 2 aromatic carbocycles. The van der Waals surface area contributed by atoms with Crippen molar-refractivity contribution in [2.45, 2.75) is 32.2 Å². The average Bonchev–Trinajstić information content (AvgIpc) is 3.37. The van der Waals surface area contributed by atoms with Gasteiger partial charge in [0.15, 0.2) is 0 Å². The minimum absolute atomic E-state index is 0.0711. The van der Waals surface area contributed by atoms with Crippen LogP contribution in [0.25, 0.3) is 17.0 Å². The lowest BCUT2D eigenvalue weighted by atomic mass is 10.0. The Balaban J connectivity index is 1.50. The van der Waals surface area contributed by atoms with E-state index < -0.39 is 5.91 Å². The summed E-state index contributed by atoms with van der Waals surface area (Å²) >= 11 is 0. The first-order chi connectivity index (χ1) is 14.6. The van der Waals surface area contributed by atoms with Gasteiger partial charge in [0, 0.05) is 29.2 Å². The van der Waals surface area contributed by atoms with Crippen LogP contribution >= 0.6 is 0 Å². The molecule has 3 aromatic rings. The van der Waals surface area contributed by atoms with Crippen LogP contribution < -0.4 is 5.48 Å². The molecule has 1 fully saturated rings. The number of H-pyrrole nitrogens is 1. The lowest BCUT2D eigenvalue weighted by Gasteiger charge is -2.25. The highest BCUT2D eigenvalue weighted by molar-refractivity contribution is 5.91. The highest BCUT2D eigenvalue weighted by Crippen LogP contribution is 2.33. The summed E-state index contributed by atoms with van der Waals surface area (Å²) < 4.78 is 0. The Hall–Kier alpha value is -3.38. The number of nitrogens with one attached hydrogen (secondary N) is 2. The Labute approximate surface area is 175 Å². The fourth-order valence-corrected chi connectivity index (χ4v) is 4.27. The molecular weight excluding hydrogens is 378 g/mol. The molecule has 3 N–H and O–H groups in total. The fourth-order valence-electron chi connectivity index (χ4n) is 4.27. The van der Waals surface area contributed by atoms with Gasteiger partial charge in [0.25, 0.3) is 5.91 Å². The minimum atomic E-state index is -0.570. The molecule has 1 aromatic heterocycles. The van der Waals surface area contributed by atoms with E-state index in [2.05, 4.69) is 11.1 Å². The summed E-state index contributed by atoms with van der Waals surface area (Å²) in [6.45, 7) is 2.79. The largest absolute Gasteiger partial charge is 0.358 e. The molecule has 154 valence electrons. The van der Waals surface area contributed by atoms with Crippen molar-refractivity contribution >= 4 is 28.8 Å². The molecule has 6 nitrogen and oxygen atoms in total. The molecule has 0 radical (unpaired) electrons. The molecular formula is C24H25N3O3. The topological polar surface area (TPSA) is 85.4 Å². The Morgan fingerprint density at radius 2 is 1.97 bits per heavy atom. The highest BCUT2D eigenvalue weighted by Gasteiger charge is 2.30. The van der Waals surface area contributed by atoms with Gasteiger partial charge < -0.3 is 9.88 Å². The van der Waals surface area contributed by atoms with Gasteiger partial charge in [-0.2, -0.15) is 0 Å². The Morgan fingerprint density at radius 1 is 1.20 bits per heavy atom. The molecule has 2 heterocycles. The molecule has 1 saturated heterocycles. The number of fused-ring (bicyclic) bond motifs is 1. The second-order valence-electron chi connectivity index (χ2n) is 7.67. The maximum absolute atomic E-state index is 13.2. The summed E-state index contributed by atoms with van der Waals surface area (Å²) in [7, 11) is 0. The van der Waals surface area contributed by atoms with Crippen molar-refractivity contribution in [3.63, 3.8) is 0 Å². The number of nitrogens with zero attached hydrogens (tertiary/aromatic N) is 1. The molecule has 0 saturated carbocycles. The zero-order chi connectivity index (χ0) is 21.1. The average molecular weight is 403 g/mol. The number of hydrogen-bond donors (Lipinski definition) is 3. The molecule has 1 aliphatic heterocycles. The molecule has 4 rings (SSSR count). The SMILES string of the molecule is Cc1[nH]c2ccccc2c1CC(=O)N1CCC[C@H]1c1ccc(C=CC(=O)NO)cc1. The van der Waals surface area contributed by atoms with Crippen LogP contribution in [0.15, 0.2) is 54.6 Å². The van der Waals surface area contributed by atoms with Gasteiger partial charge in [0.05, 0.1) is 12.5 Å². The molecule has 1 atom stereocenters. The summed E-state index contributed by atoms with van der Waals surface area (Å²) in [4.78, 5) is 29.7. The third kappa shape index (κ3) is 4.00. The number of likely N-dealkylation sites (tertiary alicyclic amines) is 1. The second kappa shape index (κ2) is 8.55. The van der Waals surface area contributed by atoms with E-state index in [9.17, 15) is 9.59 Å². The number of aromatic amines is 1. The van der Waals surface area contributed by atoms with Crippen molar-refractivity contribution in [3.05, 3.63) is 77.0 Å². The zero-order valence-corrected chi connectivity index (χ0v) is 16.9. The van der Waals surface area contributed by atoms with Crippen LogP contribution in [0.4, 0.5) is 0 Å². The van der Waals surface area contributed by atoms with Crippen LogP contribution in [0, 0.1) is 6.92 Å². The minimum Gasteiger partial charge on any atom is -0.358 e. The molecule has 0 bridgehead atoms. The van der Waals surface area contributed by atoms with Gasteiger partial charge in [-0.05, 0) is 48.6 Å². The van der Waals surface area contributed by atoms with Crippen molar-refractivity contribution in [1.29, 1.82) is 0 Å². The smallest absolute Gasteiger partial charge is 0.267 e. The zero-order valence-electron chi connectivity index (χ0n) is 16.9. The molecule has 30 heavy (non-hydrogen) atoms. The van der Waals surface area contributed by atoms with Crippen LogP contribution in [-0.4, -0.2) is 33.5 Å². The maximum atomic E-state index is 13.2. The van der Waals surface area contributed by atoms with E-state index in [-0.39, 0.29) is 11.9 Å². The molecule has 0 spiro atoms. The first kappa shape index (κ1) is 19.9. The van der Waals surface area contributed by atoms with Gasteiger partial charge in [-0.1, -0.05) is 42.5 Å². The predicted octanol–water partition coefficient (Wildman–Crippen LogP) is 3.90. The normalized spacial score (nSPS) is 16.5. The van der Waals surface area contributed by atoms with Crippen molar-refractivity contribution in [2.75, 3.05) is 6.54 Å². The van der Waals surface area contributed by atoms with Crippen molar-refractivity contribution in [2.24, 2.45) is 0 Å². The summed E-state index contributed by atoms with van der Waals surface area (Å²) in [5.74, 6) is -0.423. The number of rotatable bonds is 5. The number of aromatic nitrogens is 1. The molecule has 0 aliphatic carbocycles. The van der Waals surface area contributed by atoms with Gasteiger partial charge in [-0.15, -0.1) is 0 Å². The van der Waals surface area contributed by atoms with E-state index in [1.165, 1.54) is 6.08 Å².